The first-order valence-corrected chi connectivity index (χ1v) is 8.82. The Balaban J connectivity index is 2.14. The van der Waals surface area contributed by atoms with Gasteiger partial charge in [-0.15, -0.1) is 0 Å². The Hall–Kier alpha value is -2.28. The number of nitrogens with two attached hydrogens (primary N) is 1. The number of carbonyl (C=O) groups excluding carboxylic acids is 2. The monoisotopic (exact) mass is 364 g/mol. The van der Waals surface area contributed by atoms with Gasteiger partial charge in [-0.1, -0.05) is 12.5 Å². The molecule has 1 aliphatic rings. The molecule has 1 fully saturated rings. The minimum atomic E-state index is -0.507. The SMILES string of the molecule is COC(=O)CC(NC(=O)C[C@@H]1CCC[C@H]1N)c1ccc(OC)c(OC)c1. The van der Waals surface area contributed by atoms with Crippen LogP contribution in [0.4, 0.5) is 0 Å². The summed E-state index contributed by atoms with van der Waals surface area (Å²) in [6.07, 6.45) is 3.38. The minimum absolute atomic E-state index is 0.0362. The first kappa shape index (κ1) is 20.0. The van der Waals surface area contributed by atoms with Gasteiger partial charge in [-0.25, -0.2) is 0 Å². The smallest absolute Gasteiger partial charge is 0.307 e. The molecule has 144 valence electrons. The van der Waals surface area contributed by atoms with Crippen LogP contribution in [0.5, 0.6) is 11.5 Å². The van der Waals surface area contributed by atoms with Gasteiger partial charge >= 0.3 is 5.97 Å². The molecule has 0 bridgehead atoms. The molecule has 3 atom stereocenters. The highest BCUT2D eigenvalue weighted by Crippen LogP contribution is 2.32. The molecule has 0 aromatic heterocycles. The minimum Gasteiger partial charge on any atom is -0.493 e. The van der Waals surface area contributed by atoms with Crippen molar-refractivity contribution in [1.29, 1.82) is 0 Å². The van der Waals surface area contributed by atoms with Gasteiger partial charge in [-0.3, -0.25) is 9.59 Å². The largest absolute Gasteiger partial charge is 0.493 e. The molecule has 1 amide bonds. The quantitative estimate of drug-likeness (QED) is 0.684. The van der Waals surface area contributed by atoms with Crippen molar-refractivity contribution in [1.82, 2.24) is 5.32 Å². The second-order valence-electron chi connectivity index (χ2n) is 6.57. The molecule has 1 unspecified atom stereocenters. The van der Waals surface area contributed by atoms with E-state index in [0.717, 1.165) is 24.8 Å². The van der Waals surface area contributed by atoms with Gasteiger partial charge in [0.1, 0.15) is 0 Å². The topological polar surface area (TPSA) is 99.9 Å². The van der Waals surface area contributed by atoms with Crippen LogP contribution in [0.3, 0.4) is 0 Å². The van der Waals surface area contributed by atoms with Crippen LogP contribution >= 0.6 is 0 Å². The summed E-state index contributed by atoms with van der Waals surface area (Å²) in [5.74, 6) is 0.793. The van der Waals surface area contributed by atoms with Crippen LogP contribution in [0, 0.1) is 5.92 Å². The Morgan fingerprint density at radius 2 is 1.92 bits per heavy atom. The van der Waals surface area contributed by atoms with Crippen molar-refractivity contribution in [2.45, 2.75) is 44.2 Å². The summed E-state index contributed by atoms with van der Waals surface area (Å²) < 4.78 is 15.3. The molecular weight excluding hydrogens is 336 g/mol. The zero-order valence-corrected chi connectivity index (χ0v) is 15.6. The lowest BCUT2D eigenvalue weighted by Crippen LogP contribution is -2.34. The van der Waals surface area contributed by atoms with Crippen molar-refractivity contribution in [2.75, 3.05) is 21.3 Å². The number of hydrogen-bond acceptors (Lipinski definition) is 6. The van der Waals surface area contributed by atoms with Crippen LogP contribution < -0.4 is 20.5 Å². The molecule has 7 nitrogen and oxygen atoms in total. The van der Waals surface area contributed by atoms with Crippen molar-refractivity contribution in [3.05, 3.63) is 23.8 Å². The van der Waals surface area contributed by atoms with Crippen molar-refractivity contribution in [3.8, 4) is 11.5 Å². The Labute approximate surface area is 154 Å². The molecule has 1 saturated carbocycles. The lowest BCUT2D eigenvalue weighted by molar-refractivity contribution is -0.141. The third-order valence-corrected chi connectivity index (χ3v) is 4.91. The first-order valence-electron chi connectivity index (χ1n) is 8.82. The lowest BCUT2D eigenvalue weighted by Gasteiger charge is -2.21. The maximum absolute atomic E-state index is 12.5. The summed E-state index contributed by atoms with van der Waals surface area (Å²) in [6, 6.07) is 4.87. The van der Waals surface area contributed by atoms with E-state index in [1.165, 1.54) is 14.2 Å². The normalized spacial score (nSPS) is 20.3. The van der Waals surface area contributed by atoms with Gasteiger partial charge in [-0.05, 0) is 36.5 Å². The number of ether oxygens (including phenoxy) is 3. The van der Waals surface area contributed by atoms with Gasteiger partial charge < -0.3 is 25.3 Å². The number of esters is 1. The van der Waals surface area contributed by atoms with Crippen LogP contribution in [0.15, 0.2) is 18.2 Å². The molecule has 2 rings (SSSR count). The van der Waals surface area contributed by atoms with Gasteiger partial charge in [0.05, 0.1) is 33.8 Å². The predicted octanol–water partition coefficient (Wildman–Crippen LogP) is 1.94. The van der Waals surface area contributed by atoms with Crippen LogP contribution in [-0.2, 0) is 14.3 Å². The molecule has 0 heterocycles. The number of methoxy groups -OCH3 is 3. The van der Waals surface area contributed by atoms with E-state index in [1.807, 2.05) is 0 Å². The van der Waals surface area contributed by atoms with Crippen molar-refractivity contribution >= 4 is 11.9 Å². The Morgan fingerprint density at radius 3 is 2.50 bits per heavy atom. The maximum Gasteiger partial charge on any atom is 0.307 e. The van der Waals surface area contributed by atoms with Gasteiger partial charge in [0.25, 0.3) is 0 Å². The van der Waals surface area contributed by atoms with E-state index in [-0.39, 0.29) is 24.3 Å². The highest BCUT2D eigenvalue weighted by atomic mass is 16.5. The van der Waals surface area contributed by atoms with Gasteiger partial charge in [0, 0.05) is 12.5 Å². The van der Waals surface area contributed by atoms with Crippen molar-refractivity contribution < 1.29 is 23.8 Å². The number of amides is 1. The summed E-state index contributed by atoms with van der Waals surface area (Å²) >= 11 is 0. The summed E-state index contributed by atoms with van der Waals surface area (Å²) in [7, 11) is 4.42. The Bertz CT molecular complexity index is 634. The van der Waals surface area contributed by atoms with Crippen LogP contribution in [0.2, 0.25) is 0 Å². The first-order chi connectivity index (χ1) is 12.5. The van der Waals surface area contributed by atoms with Crippen molar-refractivity contribution in [2.24, 2.45) is 11.7 Å². The molecule has 0 radical (unpaired) electrons. The van der Waals surface area contributed by atoms with E-state index in [4.69, 9.17) is 19.9 Å². The predicted molar refractivity (Wildman–Crippen MR) is 97.0 cm³/mol. The van der Waals surface area contributed by atoms with Gasteiger partial charge in [0.2, 0.25) is 5.91 Å². The molecule has 0 aliphatic heterocycles. The summed E-state index contributed by atoms with van der Waals surface area (Å²) in [6.45, 7) is 0. The fourth-order valence-corrected chi connectivity index (χ4v) is 3.38. The molecule has 1 aromatic carbocycles. The fraction of sp³-hybridized carbons (Fsp3) is 0.579. The molecule has 7 heteroatoms. The van der Waals surface area contributed by atoms with E-state index >= 15 is 0 Å². The zero-order chi connectivity index (χ0) is 19.1. The third kappa shape index (κ3) is 5.11. The second kappa shape index (κ2) is 9.43. The highest BCUT2D eigenvalue weighted by molar-refractivity contribution is 5.78. The average molecular weight is 364 g/mol. The highest BCUT2D eigenvalue weighted by Gasteiger charge is 2.28. The summed E-state index contributed by atoms with van der Waals surface area (Å²) in [5, 5.41) is 2.94. The van der Waals surface area contributed by atoms with Crippen LogP contribution in [0.25, 0.3) is 0 Å². The molecule has 0 spiro atoms. The Morgan fingerprint density at radius 1 is 1.19 bits per heavy atom. The van der Waals surface area contributed by atoms with Crippen LogP contribution in [-0.4, -0.2) is 39.2 Å². The second-order valence-corrected chi connectivity index (χ2v) is 6.57. The fourth-order valence-electron chi connectivity index (χ4n) is 3.38. The molecule has 26 heavy (non-hydrogen) atoms. The lowest BCUT2D eigenvalue weighted by atomic mass is 9.98. The zero-order valence-electron chi connectivity index (χ0n) is 15.6. The molecule has 3 N–H and O–H groups in total. The van der Waals surface area contributed by atoms with E-state index in [0.29, 0.717) is 17.9 Å². The maximum atomic E-state index is 12.5. The number of benzene rings is 1. The van der Waals surface area contributed by atoms with Gasteiger partial charge in [0.15, 0.2) is 11.5 Å². The molecular formula is C19H28N2O5. The van der Waals surface area contributed by atoms with E-state index < -0.39 is 12.0 Å². The standard InChI is InChI=1S/C19H28N2O5/c1-24-16-8-7-13(9-17(16)25-2)15(11-19(23)26-3)21-18(22)10-12-5-4-6-14(12)20/h7-9,12,14-15H,4-6,10-11,20H2,1-3H3,(H,21,22)/t12-,14+,15?/m0/s1. The van der Waals surface area contributed by atoms with E-state index in [1.54, 1.807) is 25.3 Å². The van der Waals surface area contributed by atoms with Crippen molar-refractivity contribution in [3.63, 3.8) is 0 Å². The number of hydrogen-bond donors (Lipinski definition) is 2. The van der Waals surface area contributed by atoms with E-state index in [2.05, 4.69) is 5.32 Å². The Kier molecular flexibility index (Phi) is 7.26. The number of rotatable bonds is 8. The molecule has 0 saturated heterocycles. The number of carbonyl (C=O) groups is 2. The molecule has 1 aromatic rings. The summed E-state index contributed by atoms with van der Waals surface area (Å²) in [4.78, 5) is 24.3. The third-order valence-electron chi connectivity index (χ3n) is 4.91. The summed E-state index contributed by atoms with van der Waals surface area (Å²) in [5.41, 5.74) is 6.80. The molecule has 1 aliphatic carbocycles. The van der Waals surface area contributed by atoms with Crippen LogP contribution in [0.1, 0.15) is 43.7 Å². The van der Waals surface area contributed by atoms with Gasteiger partial charge in [-0.2, -0.15) is 0 Å². The number of nitrogens with one attached hydrogen (secondary N) is 1. The average Bonchev–Trinajstić information content (AvgIpc) is 3.04. The van der Waals surface area contributed by atoms with E-state index in [9.17, 15) is 9.59 Å².